The lowest BCUT2D eigenvalue weighted by Crippen LogP contribution is -2.33. The van der Waals surface area contributed by atoms with Crippen LogP contribution in [0, 0.1) is 5.92 Å². The lowest BCUT2D eigenvalue weighted by atomic mass is 9.77. The molecular formula is C32H35N3O2S. The average molecular weight is 526 g/mol. The maximum Gasteiger partial charge on any atom is 0.243 e. The molecule has 3 aromatic carbocycles. The van der Waals surface area contributed by atoms with Crippen molar-refractivity contribution >= 4 is 37.5 Å². The van der Waals surface area contributed by atoms with E-state index in [2.05, 4.69) is 71.4 Å². The molecule has 2 aliphatic heterocycles. The second-order valence-electron chi connectivity index (χ2n) is 11.1. The van der Waals surface area contributed by atoms with Crippen molar-refractivity contribution < 1.29 is 8.42 Å². The van der Waals surface area contributed by atoms with E-state index in [0.717, 1.165) is 49.9 Å². The molecule has 3 atom stereocenters. The largest absolute Gasteiger partial charge is 0.378 e. The van der Waals surface area contributed by atoms with Crippen molar-refractivity contribution in [2.24, 2.45) is 5.92 Å². The Bertz CT molecular complexity index is 1660. The number of anilines is 1. The highest BCUT2D eigenvalue weighted by molar-refractivity contribution is 7.89. The number of benzene rings is 3. The number of nitrogens with one attached hydrogen (secondary N) is 1. The van der Waals surface area contributed by atoms with Gasteiger partial charge >= 0.3 is 0 Å². The van der Waals surface area contributed by atoms with Gasteiger partial charge in [-0.25, -0.2) is 8.42 Å². The summed E-state index contributed by atoms with van der Waals surface area (Å²) < 4.78 is 31.2. The predicted octanol–water partition coefficient (Wildman–Crippen LogP) is 7.21. The molecule has 1 aliphatic carbocycles. The van der Waals surface area contributed by atoms with Crippen molar-refractivity contribution in [1.82, 2.24) is 8.87 Å². The van der Waals surface area contributed by atoms with Crippen LogP contribution in [0.5, 0.6) is 0 Å². The zero-order valence-corrected chi connectivity index (χ0v) is 22.8. The Balaban J connectivity index is 1.27. The van der Waals surface area contributed by atoms with E-state index in [1.165, 1.54) is 27.4 Å². The van der Waals surface area contributed by atoms with Crippen LogP contribution in [0.15, 0.2) is 77.7 Å². The minimum absolute atomic E-state index is 0.170. The molecule has 5 nitrogen and oxygen atoms in total. The molecule has 3 aliphatic rings. The van der Waals surface area contributed by atoms with Crippen molar-refractivity contribution in [3.8, 4) is 0 Å². The molecule has 0 saturated carbocycles. The number of rotatable bonds is 4. The van der Waals surface area contributed by atoms with E-state index in [9.17, 15) is 8.42 Å². The Morgan fingerprint density at radius 1 is 0.895 bits per heavy atom. The molecule has 1 N–H and O–H groups in total. The molecule has 6 heteroatoms. The van der Waals surface area contributed by atoms with Crippen molar-refractivity contribution in [3.63, 3.8) is 0 Å². The Morgan fingerprint density at radius 3 is 2.50 bits per heavy atom. The van der Waals surface area contributed by atoms with Crippen LogP contribution in [0.2, 0.25) is 0 Å². The number of hydrogen-bond acceptors (Lipinski definition) is 3. The second-order valence-corrected chi connectivity index (χ2v) is 13.0. The first-order chi connectivity index (χ1) is 18.6. The maximum atomic E-state index is 13.5. The fraction of sp³-hybridized carbons (Fsp3) is 0.375. The summed E-state index contributed by atoms with van der Waals surface area (Å²) in [5, 5.41) is 6.43. The molecule has 0 amide bonds. The van der Waals surface area contributed by atoms with Gasteiger partial charge in [0.25, 0.3) is 0 Å². The van der Waals surface area contributed by atoms with Crippen LogP contribution in [0.4, 0.5) is 5.69 Å². The van der Waals surface area contributed by atoms with E-state index in [-0.39, 0.29) is 12.0 Å². The van der Waals surface area contributed by atoms with E-state index < -0.39 is 10.0 Å². The Labute approximate surface area is 225 Å². The fourth-order valence-electron chi connectivity index (χ4n) is 7.10. The molecule has 196 valence electrons. The van der Waals surface area contributed by atoms with Crippen molar-refractivity contribution in [2.45, 2.75) is 62.4 Å². The number of sulfonamides is 1. The van der Waals surface area contributed by atoms with Crippen molar-refractivity contribution in [1.29, 1.82) is 0 Å². The summed E-state index contributed by atoms with van der Waals surface area (Å²) in [6.45, 7) is 4.40. The highest BCUT2D eigenvalue weighted by Gasteiger charge is 2.39. The molecule has 3 unspecified atom stereocenters. The van der Waals surface area contributed by atoms with Gasteiger partial charge in [-0.15, -0.1) is 0 Å². The van der Waals surface area contributed by atoms with Gasteiger partial charge in [-0.1, -0.05) is 49.3 Å². The van der Waals surface area contributed by atoms with Crippen LogP contribution >= 0.6 is 0 Å². The van der Waals surface area contributed by atoms with Crippen LogP contribution in [0.3, 0.4) is 0 Å². The zero-order chi connectivity index (χ0) is 25.9. The summed E-state index contributed by atoms with van der Waals surface area (Å²) >= 11 is 0. The Morgan fingerprint density at radius 2 is 1.68 bits per heavy atom. The summed E-state index contributed by atoms with van der Waals surface area (Å²) in [4.78, 5) is 0.436. The number of nitrogens with zero attached hydrogens (tertiary/aromatic N) is 2. The highest BCUT2D eigenvalue weighted by Crippen LogP contribution is 2.50. The van der Waals surface area contributed by atoms with E-state index in [0.29, 0.717) is 23.9 Å². The van der Waals surface area contributed by atoms with Crippen LogP contribution in [0.1, 0.15) is 62.1 Å². The lowest BCUT2D eigenvalue weighted by Gasteiger charge is -2.38. The number of aromatic nitrogens is 1. The lowest BCUT2D eigenvalue weighted by molar-refractivity contribution is 0.420. The molecule has 7 rings (SSSR count). The molecule has 1 aromatic heterocycles. The van der Waals surface area contributed by atoms with Gasteiger partial charge < -0.3 is 9.88 Å². The minimum atomic E-state index is -3.48. The number of hydrogen-bond donors (Lipinski definition) is 1. The van der Waals surface area contributed by atoms with Gasteiger partial charge in [0, 0.05) is 53.0 Å². The van der Waals surface area contributed by atoms with Crippen LogP contribution in [-0.4, -0.2) is 30.4 Å². The molecule has 4 aromatic rings. The first kappa shape index (κ1) is 24.0. The second kappa shape index (κ2) is 9.28. The van der Waals surface area contributed by atoms with Crippen molar-refractivity contribution in [3.05, 3.63) is 83.9 Å². The Kier molecular flexibility index (Phi) is 5.86. The third-order valence-corrected chi connectivity index (χ3v) is 10.9. The third kappa shape index (κ3) is 3.72. The van der Waals surface area contributed by atoms with Crippen LogP contribution < -0.4 is 5.32 Å². The van der Waals surface area contributed by atoms with Crippen LogP contribution in [0.25, 0.3) is 21.8 Å². The summed E-state index contributed by atoms with van der Waals surface area (Å²) in [5.41, 5.74) is 6.01. The molecule has 0 bridgehead atoms. The molecule has 0 radical (unpaired) electrons. The fourth-order valence-corrected chi connectivity index (χ4v) is 8.65. The van der Waals surface area contributed by atoms with Gasteiger partial charge in [0.1, 0.15) is 0 Å². The van der Waals surface area contributed by atoms with Gasteiger partial charge in [0.05, 0.1) is 10.9 Å². The van der Waals surface area contributed by atoms with Gasteiger partial charge in [-0.2, -0.15) is 4.31 Å². The monoisotopic (exact) mass is 525 g/mol. The van der Waals surface area contributed by atoms with Gasteiger partial charge in [-0.05, 0) is 79.6 Å². The molecule has 38 heavy (non-hydrogen) atoms. The quantitative estimate of drug-likeness (QED) is 0.287. The normalized spacial score (nSPS) is 23.8. The topological polar surface area (TPSA) is 54.3 Å². The number of fused-ring (bicyclic) bond motifs is 6. The number of allylic oxidation sites excluding steroid dienone is 2. The third-order valence-electron chi connectivity index (χ3n) is 9.01. The first-order valence-corrected chi connectivity index (χ1v) is 15.6. The smallest absolute Gasteiger partial charge is 0.243 e. The molecule has 1 saturated heterocycles. The minimum Gasteiger partial charge on any atom is -0.378 e. The number of aryl methyl sites for hydroxylation is 1. The van der Waals surface area contributed by atoms with Gasteiger partial charge in [0.15, 0.2) is 0 Å². The first-order valence-electron chi connectivity index (χ1n) is 14.1. The van der Waals surface area contributed by atoms with E-state index in [4.69, 9.17) is 0 Å². The molecule has 0 spiro atoms. The van der Waals surface area contributed by atoms with E-state index in [1.807, 2.05) is 12.1 Å². The summed E-state index contributed by atoms with van der Waals surface area (Å²) in [6.07, 6.45) is 9.67. The SMILES string of the molecule is CCn1c2ccccc2c2cc(C3Nc4ccc(S(=O)(=O)N5CCCCCC5)cc4C4C=CCC43)ccc21. The maximum absolute atomic E-state index is 13.5. The zero-order valence-electron chi connectivity index (χ0n) is 21.9. The predicted molar refractivity (Wildman–Crippen MR) is 155 cm³/mol. The average Bonchev–Trinajstić information content (AvgIpc) is 3.44. The summed E-state index contributed by atoms with van der Waals surface area (Å²) in [7, 11) is -3.48. The standard InChI is InChI=1S/C32H35N3O2S/c1-2-35-30-13-6-5-10-25(30)28-20-22(14-17-31(28)35)32-26-12-9-11-24(26)27-21-23(15-16-29(27)33-32)38(36,37)34-18-7-3-4-8-19-34/h5-6,9-11,13-17,20-21,24,26,32-33H,2-4,7-8,12,18-19H2,1H3. The van der Waals surface area contributed by atoms with Gasteiger partial charge in [-0.3, -0.25) is 0 Å². The highest BCUT2D eigenvalue weighted by atomic mass is 32.2. The number of para-hydroxylation sites is 1. The van der Waals surface area contributed by atoms with Gasteiger partial charge in [0.2, 0.25) is 10.0 Å². The van der Waals surface area contributed by atoms with Crippen LogP contribution in [-0.2, 0) is 16.6 Å². The summed E-state index contributed by atoms with van der Waals surface area (Å²) in [6, 6.07) is 21.5. The summed E-state index contributed by atoms with van der Waals surface area (Å²) in [5.74, 6) is 0.568. The Hall–Kier alpha value is -3.09. The van der Waals surface area contributed by atoms with E-state index >= 15 is 0 Å². The van der Waals surface area contributed by atoms with E-state index in [1.54, 1.807) is 10.4 Å². The molecule has 1 fully saturated rings. The molecular weight excluding hydrogens is 490 g/mol. The molecule has 3 heterocycles. The van der Waals surface area contributed by atoms with Crippen molar-refractivity contribution in [2.75, 3.05) is 18.4 Å².